The summed E-state index contributed by atoms with van der Waals surface area (Å²) in [6.45, 7) is 6.37. The van der Waals surface area contributed by atoms with E-state index in [9.17, 15) is 19.2 Å². The number of nitrogens with two attached hydrogens (primary N) is 1. The number of benzene rings is 1. The van der Waals surface area contributed by atoms with Gasteiger partial charge in [-0.05, 0) is 89.5 Å². The number of carbonyl (C=O) groups excluding carboxylic acids is 4. The Labute approximate surface area is 415 Å². The normalized spacial score (nSPS) is 12.1. The zero-order valence-electron chi connectivity index (χ0n) is 43.7. The van der Waals surface area contributed by atoms with Gasteiger partial charge in [0.2, 0.25) is 0 Å². The molecule has 1 aromatic rings. The summed E-state index contributed by atoms with van der Waals surface area (Å²) in [5, 5.41) is 0. The number of esters is 2. The fraction of sp³-hybridized carbons (Fsp3) is 0.741. The second-order valence-corrected chi connectivity index (χ2v) is 18.9. The molecular weight excluding hydrogens is 851 g/mol. The largest absolute Gasteiger partial charge is 0.464 e. The summed E-state index contributed by atoms with van der Waals surface area (Å²) in [5.41, 5.74) is 7.31. The Bertz CT molecular complexity index is 1400. The lowest BCUT2D eigenvalue weighted by molar-refractivity contribution is -0.148. The lowest BCUT2D eigenvalue weighted by atomic mass is 10.0. The lowest BCUT2D eigenvalue weighted by Crippen LogP contribution is -2.41. The van der Waals surface area contributed by atoms with Crippen molar-refractivity contribution in [3.8, 4) is 0 Å². The van der Waals surface area contributed by atoms with Crippen LogP contribution in [0, 0.1) is 0 Å². The van der Waals surface area contributed by atoms with Gasteiger partial charge in [0.15, 0.2) is 5.78 Å². The second-order valence-electron chi connectivity index (χ2n) is 18.9. The molecule has 0 spiro atoms. The highest BCUT2D eigenvalue weighted by atomic mass is 16.6. The Balaban J connectivity index is 2.44. The number of allylic oxidation sites excluding steroid dienone is 4. The number of hydrogen-bond donors (Lipinski definition) is 1. The SMILES string of the molecule is CCCCCCCC/C=C\CCCCCCCCOC(=O)CN(CC(=O)OCCCCCCCC/C=C\CCCCCCCC)C(=O)OCCN=Cc1ccc(C(=O)CCCCCC(C)N)cc1. The van der Waals surface area contributed by atoms with E-state index >= 15 is 0 Å². The number of nitrogens with zero attached hydrogens (tertiary/aromatic N) is 2. The van der Waals surface area contributed by atoms with Crippen LogP contribution in [0.5, 0.6) is 0 Å². The molecule has 1 aromatic carbocycles. The Kier molecular flexibility index (Phi) is 42.9. The molecule has 1 rings (SSSR count). The van der Waals surface area contributed by atoms with E-state index < -0.39 is 31.1 Å². The van der Waals surface area contributed by atoms with Crippen molar-refractivity contribution in [2.75, 3.05) is 39.5 Å². The molecule has 0 aromatic heterocycles. The smallest absolute Gasteiger partial charge is 0.410 e. The molecule has 10 nitrogen and oxygen atoms in total. The molecule has 0 saturated carbocycles. The quantitative estimate of drug-likeness (QED) is 0.0170. The highest BCUT2D eigenvalue weighted by molar-refractivity contribution is 5.96. The van der Waals surface area contributed by atoms with Crippen molar-refractivity contribution in [2.45, 2.75) is 239 Å². The van der Waals surface area contributed by atoms with E-state index in [4.69, 9.17) is 19.9 Å². The van der Waals surface area contributed by atoms with Crippen LogP contribution in [0.3, 0.4) is 0 Å². The van der Waals surface area contributed by atoms with E-state index in [0.717, 1.165) is 100 Å². The van der Waals surface area contributed by atoms with Gasteiger partial charge in [0.05, 0.1) is 19.8 Å². The fourth-order valence-electron chi connectivity index (χ4n) is 7.93. The summed E-state index contributed by atoms with van der Waals surface area (Å²) in [7, 11) is 0. The van der Waals surface area contributed by atoms with E-state index in [0.29, 0.717) is 12.0 Å². The molecule has 0 fully saturated rings. The number of amides is 1. The van der Waals surface area contributed by atoms with Gasteiger partial charge in [-0.25, -0.2) is 4.79 Å². The zero-order valence-corrected chi connectivity index (χ0v) is 43.7. The molecule has 1 unspecified atom stereocenters. The molecule has 0 heterocycles. The van der Waals surface area contributed by atoms with Gasteiger partial charge in [-0.1, -0.05) is 191 Å². The molecule has 2 N–H and O–H groups in total. The molecule has 0 saturated heterocycles. The molecule has 0 bridgehead atoms. The predicted octanol–water partition coefficient (Wildman–Crippen LogP) is 15.2. The van der Waals surface area contributed by atoms with Crippen molar-refractivity contribution in [1.29, 1.82) is 0 Å². The van der Waals surface area contributed by atoms with Crippen LogP contribution in [0.2, 0.25) is 0 Å². The Morgan fingerprint density at radius 2 is 0.941 bits per heavy atom. The van der Waals surface area contributed by atoms with Gasteiger partial charge in [-0.15, -0.1) is 0 Å². The molecule has 0 aliphatic carbocycles. The van der Waals surface area contributed by atoms with Gasteiger partial charge in [-0.3, -0.25) is 24.3 Å². The number of rotatable bonds is 47. The summed E-state index contributed by atoms with van der Waals surface area (Å²) in [6.07, 6.45) is 48.0. The Morgan fingerprint density at radius 3 is 1.38 bits per heavy atom. The number of hydrogen-bond acceptors (Lipinski definition) is 9. The average Bonchev–Trinajstić information content (AvgIpc) is 3.33. The van der Waals surface area contributed by atoms with Gasteiger partial charge >= 0.3 is 18.0 Å². The molecular formula is C58H99N3O7. The maximum Gasteiger partial charge on any atom is 0.410 e. The first-order chi connectivity index (χ1) is 33.3. The number of ether oxygens (including phenoxy) is 3. The number of unbranched alkanes of at least 4 members (excludes halogenated alkanes) is 26. The average molecular weight is 950 g/mol. The number of carbonyl (C=O) groups is 4. The zero-order chi connectivity index (χ0) is 49.4. The van der Waals surface area contributed by atoms with Gasteiger partial charge in [0.25, 0.3) is 0 Å². The van der Waals surface area contributed by atoms with Crippen LogP contribution < -0.4 is 5.73 Å². The first-order valence-corrected chi connectivity index (χ1v) is 27.7. The van der Waals surface area contributed by atoms with E-state index in [1.165, 1.54) is 116 Å². The van der Waals surface area contributed by atoms with Crippen molar-refractivity contribution >= 4 is 30.0 Å². The maximum atomic E-state index is 13.1. The highest BCUT2D eigenvalue weighted by Gasteiger charge is 2.23. The number of Topliss-reactive ketones (excluding diaryl/α,β-unsaturated/α-hetero) is 1. The Hall–Kier alpha value is -3.79. The van der Waals surface area contributed by atoms with Crippen LogP contribution in [0.15, 0.2) is 53.6 Å². The van der Waals surface area contributed by atoms with Crippen molar-refractivity contribution in [3.63, 3.8) is 0 Å². The maximum absolute atomic E-state index is 13.1. The summed E-state index contributed by atoms with van der Waals surface area (Å²) in [4.78, 5) is 56.8. The van der Waals surface area contributed by atoms with Crippen LogP contribution >= 0.6 is 0 Å². The van der Waals surface area contributed by atoms with E-state index in [1.54, 1.807) is 18.3 Å². The van der Waals surface area contributed by atoms with Gasteiger partial charge in [0, 0.05) is 24.2 Å². The predicted molar refractivity (Wildman–Crippen MR) is 284 cm³/mol. The molecule has 388 valence electrons. The van der Waals surface area contributed by atoms with Crippen LogP contribution in [0.25, 0.3) is 0 Å². The summed E-state index contributed by atoms with van der Waals surface area (Å²) >= 11 is 0. The fourth-order valence-corrected chi connectivity index (χ4v) is 7.93. The van der Waals surface area contributed by atoms with Crippen molar-refractivity contribution < 1.29 is 33.4 Å². The Morgan fingerprint density at radius 1 is 0.529 bits per heavy atom. The third-order valence-electron chi connectivity index (χ3n) is 12.2. The van der Waals surface area contributed by atoms with Crippen molar-refractivity contribution in [3.05, 3.63) is 59.7 Å². The molecule has 68 heavy (non-hydrogen) atoms. The van der Waals surface area contributed by atoms with E-state index in [2.05, 4.69) is 43.1 Å². The second kappa shape index (κ2) is 46.9. The number of ketones is 1. The summed E-state index contributed by atoms with van der Waals surface area (Å²) in [6, 6.07) is 7.48. The molecule has 0 radical (unpaired) electrons. The van der Waals surface area contributed by atoms with E-state index in [1.807, 2.05) is 19.1 Å². The van der Waals surface area contributed by atoms with Crippen LogP contribution in [0.4, 0.5) is 4.79 Å². The summed E-state index contributed by atoms with van der Waals surface area (Å²) < 4.78 is 16.4. The molecule has 1 atom stereocenters. The third kappa shape index (κ3) is 40.1. The van der Waals surface area contributed by atoms with E-state index in [-0.39, 0.29) is 38.2 Å². The minimum absolute atomic E-state index is 0.0413. The number of aliphatic imine (C=N–C) groups is 1. The third-order valence-corrected chi connectivity index (χ3v) is 12.2. The molecule has 0 aliphatic rings. The first-order valence-electron chi connectivity index (χ1n) is 27.7. The highest BCUT2D eigenvalue weighted by Crippen LogP contribution is 2.14. The standard InChI is InChI=1S/C58H99N3O7/c1-4-6-8-10-12-14-16-18-20-22-24-26-28-30-32-37-46-66-56(63)50-61(51-57(64)67-47-38-33-31-29-27-25-23-21-19-17-15-13-11-9-7-5-2)58(65)68-48-45-60-49-53-41-43-54(44-42-53)55(62)40-36-34-35-39-52(3)59/h18-21,41-44,49,52H,4-17,22-40,45-48,50-51,59H2,1-3H3/b20-18-,21-19-,60-49?. The molecule has 1 amide bonds. The first kappa shape index (κ1) is 62.2. The van der Waals surface area contributed by atoms with Crippen LogP contribution in [0.1, 0.15) is 249 Å². The molecule has 10 heteroatoms. The monoisotopic (exact) mass is 950 g/mol. The molecule has 0 aliphatic heterocycles. The van der Waals surface area contributed by atoms with Crippen LogP contribution in [-0.2, 0) is 23.8 Å². The van der Waals surface area contributed by atoms with Gasteiger partial charge < -0.3 is 19.9 Å². The topological polar surface area (TPSA) is 138 Å². The lowest BCUT2D eigenvalue weighted by Gasteiger charge is -2.20. The van der Waals surface area contributed by atoms with Gasteiger partial charge in [-0.2, -0.15) is 0 Å². The van der Waals surface area contributed by atoms with Gasteiger partial charge in [0.1, 0.15) is 19.7 Å². The van der Waals surface area contributed by atoms with Crippen LogP contribution in [-0.4, -0.2) is 80.4 Å². The van der Waals surface area contributed by atoms with Crippen molar-refractivity contribution in [1.82, 2.24) is 4.90 Å². The minimum Gasteiger partial charge on any atom is -0.464 e. The summed E-state index contributed by atoms with van der Waals surface area (Å²) in [5.74, 6) is -1.05. The minimum atomic E-state index is -0.802. The van der Waals surface area contributed by atoms with Crippen molar-refractivity contribution in [2.24, 2.45) is 10.7 Å².